The van der Waals surface area contributed by atoms with Gasteiger partial charge in [0.15, 0.2) is 0 Å². The number of imidazole rings is 1. The van der Waals surface area contributed by atoms with Gasteiger partial charge in [-0.15, -0.1) is 0 Å². The molecule has 0 bridgehead atoms. The first-order valence-corrected chi connectivity index (χ1v) is 12.6. The molecule has 5 aromatic rings. The van der Waals surface area contributed by atoms with E-state index in [0.717, 1.165) is 53.8 Å². The molecule has 11 heteroatoms. The highest BCUT2D eigenvalue weighted by Crippen LogP contribution is 2.32. The average Bonchev–Trinajstić information content (AvgIpc) is 3.51. The molecule has 0 atom stereocenters. The number of hydrogen-bond donors (Lipinski definition) is 4. The van der Waals surface area contributed by atoms with E-state index in [1.807, 2.05) is 30.3 Å². The molecule has 0 unspecified atom stereocenters. The van der Waals surface area contributed by atoms with Gasteiger partial charge in [-0.2, -0.15) is 5.10 Å². The summed E-state index contributed by atoms with van der Waals surface area (Å²) in [6, 6.07) is 14.7. The zero-order valence-corrected chi connectivity index (χ0v) is 21.5. The number of rotatable bonds is 5. The lowest BCUT2D eigenvalue weighted by atomic mass is 10.1. The average molecular weight is 535 g/mol. The van der Waals surface area contributed by atoms with Crippen molar-refractivity contribution in [2.45, 2.75) is 0 Å². The van der Waals surface area contributed by atoms with E-state index in [0.29, 0.717) is 32.9 Å². The number of aromatic amines is 2. The quantitative estimate of drug-likeness (QED) is 0.237. The number of carbonyl (C=O) groups is 1. The Bertz CT molecular complexity index is 1620. The standard InChI is InChI=1S/C26H24Cl2N8O/c1-35-6-8-36(9-7-35)24-13-23-22(32-26(33-23)31-20-5-3-16(27)10-19(20)28)12-18(24)25(37)30-17-4-2-15-14-29-34-21(15)11-17/h2-5,10-14H,6-9H2,1H3,(H,29,34)(H,30,37)(H2,31,32,33). The van der Waals surface area contributed by atoms with Crippen molar-refractivity contribution in [1.82, 2.24) is 25.1 Å². The zero-order chi connectivity index (χ0) is 25.5. The van der Waals surface area contributed by atoms with Crippen LogP contribution in [0.15, 0.2) is 54.7 Å². The smallest absolute Gasteiger partial charge is 0.257 e. The Balaban J connectivity index is 1.36. The number of likely N-dealkylation sites (N-methyl/N-ethyl adjacent to an activating group) is 1. The fourth-order valence-electron chi connectivity index (χ4n) is 4.53. The van der Waals surface area contributed by atoms with Crippen molar-refractivity contribution in [2.75, 3.05) is 48.8 Å². The fraction of sp³-hybridized carbons (Fsp3) is 0.192. The molecular formula is C26H24Cl2N8O. The Morgan fingerprint density at radius 3 is 2.65 bits per heavy atom. The maximum Gasteiger partial charge on any atom is 0.257 e. The van der Waals surface area contributed by atoms with Crippen LogP contribution in [0.3, 0.4) is 0 Å². The monoisotopic (exact) mass is 534 g/mol. The number of hydrogen-bond acceptors (Lipinski definition) is 6. The van der Waals surface area contributed by atoms with E-state index in [-0.39, 0.29) is 5.91 Å². The predicted octanol–water partition coefficient (Wildman–Crippen LogP) is 5.49. The zero-order valence-electron chi connectivity index (χ0n) is 20.0. The second-order valence-electron chi connectivity index (χ2n) is 9.14. The number of aromatic nitrogens is 4. The number of amides is 1. The summed E-state index contributed by atoms with van der Waals surface area (Å²) in [7, 11) is 2.10. The van der Waals surface area contributed by atoms with E-state index in [2.05, 4.69) is 42.7 Å². The van der Waals surface area contributed by atoms with Crippen molar-refractivity contribution >= 4 is 74.1 Å². The van der Waals surface area contributed by atoms with E-state index < -0.39 is 0 Å². The van der Waals surface area contributed by atoms with E-state index in [9.17, 15) is 4.79 Å². The van der Waals surface area contributed by atoms with Gasteiger partial charge in [0.05, 0.1) is 44.7 Å². The van der Waals surface area contributed by atoms with Crippen molar-refractivity contribution in [3.8, 4) is 0 Å². The van der Waals surface area contributed by atoms with E-state index in [1.54, 1.807) is 24.4 Å². The summed E-state index contributed by atoms with van der Waals surface area (Å²) >= 11 is 12.4. The number of nitrogens with one attached hydrogen (secondary N) is 4. The molecule has 188 valence electrons. The van der Waals surface area contributed by atoms with Gasteiger partial charge >= 0.3 is 0 Å². The molecule has 9 nitrogen and oxygen atoms in total. The Morgan fingerprint density at radius 1 is 1.00 bits per heavy atom. The topological polar surface area (TPSA) is 105 Å². The highest BCUT2D eigenvalue weighted by atomic mass is 35.5. The fourth-order valence-corrected chi connectivity index (χ4v) is 4.98. The number of piperazine rings is 1. The molecule has 3 heterocycles. The predicted molar refractivity (Wildman–Crippen MR) is 150 cm³/mol. The maximum absolute atomic E-state index is 13.6. The molecular weight excluding hydrogens is 511 g/mol. The molecule has 0 radical (unpaired) electrons. The number of benzene rings is 3. The SMILES string of the molecule is CN1CCN(c2cc3nc(Nc4ccc(Cl)cc4Cl)[nH]c3cc2C(=O)Nc2ccc3cn[nH]c3c2)CC1. The number of carbonyl (C=O) groups excluding carboxylic acids is 1. The number of halogens is 2. The first-order chi connectivity index (χ1) is 17.9. The van der Waals surface area contributed by atoms with Crippen LogP contribution >= 0.6 is 23.2 Å². The first-order valence-electron chi connectivity index (χ1n) is 11.9. The molecule has 0 saturated carbocycles. The van der Waals surface area contributed by atoms with Gasteiger partial charge in [-0.05, 0) is 55.6 Å². The minimum Gasteiger partial charge on any atom is -0.368 e. The number of H-pyrrole nitrogens is 2. The molecule has 1 amide bonds. The van der Waals surface area contributed by atoms with Crippen LogP contribution in [0, 0.1) is 0 Å². The molecule has 4 N–H and O–H groups in total. The Kier molecular flexibility index (Phi) is 6.11. The van der Waals surface area contributed by atoms with Gasteiger partial charge in [-0.3, -0.25) is 9.89 Å². The summed E-state index contributed by atoms with van der Waals surface area (Å²) in [6.45, 7) is 3.46. The highest BCUT2D eigenvalue weighted by molar-refractivity contribution is 6.36. The second-order valence-corrected chi connectivity index (χ2v) is 9.98. The second kappa shape index (κ2) is 9.59. The Labute approximate surface area is 222 Å². The van der Waals surface area contributed by atoms with Crippen molar-refractivity contribution in [3.05, 3.63) is 70.3 Å². The van der Waals surface area contributed by atoms with Gasteiger partial charge in [0.1, 0.15) is 0 Å². The Morgan fingerprint density at radius 2 is 1.84 bits per heavy atom. The van der Waals surface area contributed by atoms with Crippen LogP contribution in [0.25, 0.3) is 21.9 Å². The van der Waals surface area contributed by atoms with Gasteiger partial charge < -0.3 is 25.4 Å². The van der Waals surface area contributed by atoms with Crippen molar-refractivity contribution in [3.63, 3.8) is 0 Å². The highest BCUT2D eigenvalue weighted by Gasteiger charge is 2.23. The summed E-state index contributed by atoms with van der Waals surface area (Å²) in [4.78, 5) is 26.1. The Hall–Kier alpha value is -3.79. The lowest BCUT2D eigenvalue weighted by Gasteiger charge is -2.35. The van der Waals surface area contributed by atoms with Gasteiger partial charge in [0.25, 0.3) is 5.91 Å². The van der Waals surface area contributed by atoms with Crippen LogP contribution in [0.5, 0.6) is 0 Å². The molecule has 1 saturated heterocycles. The third-order valence-electron chi connectivity index (χ3n) is 6.57. The molecule has 6 rings (SSSR count). The number of fused-ring (bicyclic) bond motifs is 2. The lowest BCUT2D eigenvalue weighted by molar-refractivity contribution is 0.102. The molecule has 3 aromatic carbocycles. The molecule has 2 aromatic heterocycles. The normalized spacial score (nSPS) is 14.4. The minimum absolute atomic E-state index is 0.195. The van der Waals surface area contributed by atoms with Crippen LogP contribution in [0.4, 0.5) is 23.0 Å². The molecule has 1 aliphatic rings. The van der Waals surface area contributed by atoms with Gasteiger partial charge in [-0.25, -0.2) is 4.98 Å². The summed E-state index contributed by atoms with van der Waals surface area (Å²) in [5, 5.41) is 15.3. The van der Waals surface area contributed by atoms with Crippen molar-refractivity contribution in [2.24, 2.45) is 0 Å². The van der Waals surface area contributed by atoms with Crippen molar-refractivity contribution in [1.29, 1.82) is 0 Å². The number of nitrogens with zero attached hydrogens (tertiary/aromatic N) is 4. The van der Waals surface area contributed by atoms with Crippen LogP contribution in [0.1, 0.15) is 10.4 Å². The third kappa shape index (κ3) is 4.81. The molecule has 37 heavy (non-hydrogen) atoms. The number of anilines is 4. The van der Waals surface area contributed by atoms with Crippen LogP contribution in [-0.2, 0) is 0 Å². The minimum atomic E-state index is -0.195. The van der Waals surface area contributed by atoms with Gasteiger partial charge in [0, 0.05) is 42.3 Å². The van der Waals surface area contributed by atoms with E-state index in [1.165, 1.54) is 0 Å². The largest absolute Gasteiger partial charge is 0.368 e. The summed E-state index contributed by atoms with van der Waals surface area (Å²) in [6.07, 6.45) is 1.75. The molecule has 0 aliphatic carbocycles. The molecule has 0 spiro atoms. The summed E-state index contributed by atoms with van der Waals surface area (Å²) in [5.41, 5.74) is 5.13. The van der Waals surface area contributed by atoms with E-state index in [4.69, 9.17) is 28.2 Å². The first kappa shape index (κ1) is 23.6. The van der Waals surface area contributed by atoms with Gasteiger partial charge in [0.2, 0.25) is 5.95 Å². The lowest BCUT2D eigenvalue weighted by Crippen LogP contribution is -2.45. The maximum atomic E-state index is 13.6. The molecule has 1 aliphatic heterocycles. The summed E-state index contributed by atoms with van der Waals surface area (Å²) in [5.74, 6) is 0.324. The van der Waals surface area contributed by atoms with Crippen LogP contribution in [0.2, 0.25) is 10.0 Å². The molecule has 1 fully saturated rings. The third-order valence-corrected chi connectivity index (χ3v) is 7.12. The van der Waals surface area contributed by atoms with Crippen molar-refractivity contribution < 1.29 is 4.79 Å². The van der Waals surface area contributed by atoms with Gasteiger partial charge in [-0.1, -0.05) is 23.2 Å². The van der Waals surface area contributed by atoms with E-state index >= 15 is 0 Å². The van der Waals surface area contributed by atoms with Crippen LogP contribution in [-0.4, -0.2) is 64.2 Å². The van der Waals surface area contributed by atoms with Crippen LogP contribution < -0.4 is 15.5 Å². The summed E-state index contributed by atoms with van der Waals surface area (Å²) < 4.78 is 0.